The van der Waals surface area contributed by atoms with E-state index in [-0.39, 0.29) is 12.5 Å². The van der Waals surface area contributed by atoms with Crippen LogP contribution in [0, 0.1) is 13.8 Å². The summed E-state index contributed by atoms with van der Waals surface area (Å²) in [6, 6.07) is 1.33. The summed E-state index contributed by atoms with van der Waals surface area (Å²) in [6.07, 6.45) is 1.66. The van der Waals surface area contributed by atoms with Crippen LogP contribution in [0.2, 0.25) is 0 Å². The van der Waals surface area contributed by atoms with Gasteiger partial charge in [-0.15, -0.1) is 0 Å². The van der Waals surface area contributed by atoms with Gasteiger partial charge in [-0.05, 0) is 31.0 Å². The minimum atomic E-state index is -0.407. The quantitative estimate of drug-likeness (QED) is 0.688. The summed E-state index contributed by atoms with van der Waals surface area (Å²) in [7, 11) is 0. The number of aryl methyl sites for hydroxylation is 2. The van der Waals surface area contributed by atoms with Gasteiger partial charge in [0.25, 0.3) is 5.91 Å². The summed E-state index contributed by atoms with van der Waals surface area (Å²) in [5.74, 6) is 0.119. The summed E-state index contributed by atoms with van der Waals surface area (Å²) < 4.78 is 0. The van der Waals surface area contributed by atoms with E-state index in [9.17, 15) is 9.59 Å². The van der Waals surface area contributed by atoms with Crippen molar-refractivity contribution in [2.45, 2.75) is 13.8 Å². The van der Waals surface area contributed by atoms with E-state index >= 15 is 0 Å². The van der Waals surface area contributed by atoms with Crippen LogP contribution in [0.25, 0.3) is 0 Å². The van der Waals surface area contributed by atoms with Gasteiger partial charge in [0, 0.05) is 6.20 Å². The fourth-order valence-electron chi connectivity index (χ4n) is 1.39. The van der Waals surface area contributed by atoms with Gasteiger partial charge in [0.05, 0.1) is 6.54 Å². The molecule has 1 N–H and O–H groups in total. The number of carbonyl (C=O) groups excluding carboxylic acids is 2. The first-order valence-corrected chi connectivity index (χ1v) is 4.63. The Morgan fingerprint density at radius 2 is 2.07 bits per heavy atom. The highest BCUT2D eigenvalue weighted by molar-refractivity contribution is 6.19. The molecule has 2 rings (SSSR count). The molecule has 3 amide bonds. The Labute approximate surface area is 87.1 Å². The lowest BCUT2D eigenvalue weighted by atomic mass is 10.2. The molecule has 0 bridgehead atoms. The molecule has 0 aromatic carbocycles. The number of imide groups is 1. The van der Waals surface area contributed by atoms with Crippen LogP contribution in [0.4, 0.5) is 10.6 Å². The molecular weight excluding hydrogens is 194 g/mol. The summed E-state index contributed by atoms with van der Waals surface area (Å²) in [4.78, 5) is 27.8. The first-order chi connectivity index (χ1) is 7.09. The van der Waals surface area contributed by atoms with Crippen molar-refractivity contribution in [2.24, 2.45) is 0 Å². The standard InChI is InChI=1S/C10H11N3O2/c1-6-3-8(11-4-7(6)2)13-9(14)5-12-10(13)15/h3-4H,5H2,1-2H3,(H,12,15). The molecule has 5 nitrogen and oxygen atoms in total. The number of amides is 3. The Morgan fingerprint density at radius 1 is 1.33 bits per heavy atom. The third-order valence-corrected chi connectivity index (χ3v) is 2.43. The predicted molar refractivity (Wildman–Crippen MR) is 54.6 cm³/mol. The molecular formula is C10H11N3O2. The Morgan fingerprint density at radius 3 is 2.60 bits per heavy atom. The second kappa shape index (κ2) is 3.34. The Hall–Kier alpha value is -1.91. The van der Waals surface area contributed by atoms with E-state index in [0.717, 1.165) is 16.0 Å². The van der Waals surface area contributed by atoms with Crippen LogP contribution in [0.1, 0.15) is 11.1 Å². The molecule has 0 radical (unpaired) electrons. The van der Waals surface area contributed by atoms with Gasteiger partial charge in [-0.3, -0.25) is 4.79 Å². The van der Waals surface area contributed by atoms with Crippen molar-refractivity contribution in [1.82, 2.24) is 10.3 Å². The fraction of sp³-hybridized carbons (Fsp3) is 0.300. The van der Waals surface area contributed by atoms with Crippen molar-refractivity contribution in [3.63, 3.8) is 0 Å². The smallest absolute Gasteiger partial charge is 0.328 e. The second-order valence-electron chi connectivity index (χ2n) is 3.51. The highest BCUT2D eigenvalue weighted by Crippen LogP contribution is 2.17. The maximum Gasteiger partial charge on any atom is 0.330 e. The number of aromatic nitrogens is 1. The van der Waals surface area contributed by atoms with E-state index in [1.807, 2.05) is 13.8 Å². The minimum absolute atomic E-state index is 0.0490. The summed E-state index contributed by atoms with van der Waals surface area (Å²) in [5, 5.41) is 2.45. The van der Waals surface area contributed by atoms with E-state index in [1.165, 1.54) is 0 Å². The number of hydrogen-bond acceptors (Lipinski definition) is 3. The van der Waals surface area contributed by atoms with E-state index in [0.29, 0.717) is 5.82 Å². The first-order valence-electron chi connectivity index (χ1n) is 4.63. The molecule has 0 aliphatic carbocycles. The van der Waals surface area contributed by atoms with Gasteiger partial charge in [-0.2, -0.15) is 0 Å². The molecule has 1 aromatic rings. The largest absolute Gasteiger partial charge is 0.330 e. The van der Waals surface area contributed by atoms with Gasteiger partial charge in [0.2, 0.25) is 0 Å². The maximum absolute atomic E-state index is 11.4. The van der Waals surface area contributed by atoms with Crippen LogP contribution in [0.5, 0.6) is 0 Å². The average Bonchev–Trinajstić information content (AvgIpc) is 2.52. The molecule has 5 heteroatoms. The zero-order valence-electron chi connectivity index (χ0n) is 8.57. The third kappa shape index (κ3) is 1.56. The van der Waals surface area contributed by atoms with Crippen molar-refractivity contribution in [3.05, 3.63) is 23.4 Å². The number of rotatable bonds is 1. The molecule has 0 saturated carbocycles. The summed E-state index contributed by atoms with van der Waals surface area (Å²) in [5.41, 5.74) is 2.04. The second-order valence-corrected chi connectivity index (χ2v) is 3.51. The third-order valence-electron chi connectivity index (χ3n) is 2.43. The Kier molecular flexibility index (Phi) is 2.15. The lowest BCUT2D eigenvalue weighted by Crippen LogP contribution is -2.31. The lowest BCUT2D eigenvalue weighted by molar-refractivity contribution is -0.115. The number of anilines is 1. The zero-order chi connectivity index (χ0) is 11.0. The van der Waals surface area contributed by atoms with Crippen molar-refractivity contribution in [1.29, 1.82) is 0 Å². The van der Waals surface area contributed by atoms with Crippen molar-refractivity contribution >= 4 is 17.8 Å². The SMILES string of the molecule is Cc1cnc(N2C(=O)CNC2=O)cc1C. The van der Waals surface area contributed by atoms with E-state index in [4.69, 9.17) is 0 Å². The maximum atomic E-state index is 11.4. The molecule has 2 heterocycles. The van der Waals surface area contributed by atoms with Gasteiger partial charge < -0.3 is 5.32 Å². The molecule has 1 aromatic heterocycles. The Bertz CT molecular complexity index is 426. The van der Waals surface area contributed by atoms with Crippen LogP contribution in [0.15, 0.2) is 12.3 Å². The molecule has 1 fully saturated rings. The molecule has 1 aliphatic heterocycles. The molecule has 0 unspecified atom stereocenters. The topological polar surface area (TPSA) is 62.3 Å². The summed E-state index contributed by atoms with van der Waals surface area (Å²) >= 11 is 0. The van der Waals surface area contributed by atoms with Crippen LogP contribution < -0.4 is 10.2 Å². The van der Waals surface area contributed by atoms with Gasteiger partial charge >= 0.3 is 6.03 Å². The molecule has 15 heavy (non-hydrogen) atoms. The number of carbonyl (C=O) groups is 2. The van der Waals surface area contributed by atoms with Crippen LogP contribution in [-0.4, -0.2) is 23.5 Å². The van der Waals surface area contributed by atoms with E-state index in [1.54, 1.807) is 12.3 Å². The van der Waals surface area contributed by atoms with Crippen molar-refractivity contribution < 1.29 is 9.59 Å². The molecule has 1 aliphatic rings. The van der Waals surface area contributed by atoms with Gasteiger partial charge in [-0.1, -0.05) is 0 Å². The van der Waals surface area contributed by atoms with Crippen molar-refractivity contribution in [3.8, 4) is 0 Å². The summed E-state index contributed by atoms with van der Waals surface area (Å²) in [6.45, 7) is 3.89. The molecule has 0 atom stereocenters. The predicted octanol–water partition coefficient (Wildman–Crippen LogP) is 0.755. The number of nitrogens with one attached hydrogen (secondary N) is 1. The van der Waals surface area contributed by atoms with E-state index in [2.05, 4.69) is 10.3 Å². The van der Waals surface area contributed by atoms with Crippen molar-refractivity contribution in [2.75, 3.05) is 11.4 Å². The average molecular weight is 205 g/mol. The first kappa shape index (κ1) is 9.64. The zero-order valence-corrected chi connectivity index (χ0v) is 8.57. The number of urea groups is 1. The lowest BCUT2D eigenvalue weighted by Gasteiger charge is -2.12. The van der Waals surface area contributed by atoms with Crippen LogP contribution in [-0.2, 0) is 4.79 Å². The number of nitrogens with zero attached hydrogens (tertiary/aromatic N) is 2. The van der Waals surface area contributed by atoms with Gasteiger partial charge in [0.1, 0.15) is 5.82 Å². The normalized spacial score (nSPS) is 15.7. The van der Waals surface area contributed by atoms with Gasteiger partial charge in [-0.25, -0.2) is 14.7 Å². The highest BCUT2D eigenvalue weighted by atomic mass is 16.2. The van der Waals surface area contributed by atoms with E-state index < -0.39 is 6.03 Å². The van der Waals surface area contributed by atoms with Gasteiger partial charge in [0.15, 0.2) is 0 Å². The van der Waals surface area contributed by atoms with Crippen LogP contribution in [0.3, 0.4) is 0 Å². The molecule has 0 spiro atoms. The Balaban J connectivity index is 2.41. The van der Waals surface area contributed by atoms with Crippen LogP contribution >= 0.6 is 0 Å². The fourth-order valence-corrected chi connectivity index (χ4v) is 1.39. The molecule has 1 saturated heterocycles. The minimum Gasteiger partial charge on any atom is -0.328 e. The number of pyridine rings is 1. The highest BCUT2D eigenvalue weighted by Gasteiger charge is 2.30. The monoisotopic (exact) mass is 205 g/mol. The molecule has 78 valence electrons. The number of hydrogen-bond donors (Lipinski definition) is 1.